The molecule has 0 aliphatic carbocycles. The number of halogens is 8. The van der Waals surface area contributed by atoms with Crippen LogP contribution in [0.5, 0.6) is 0 Å². The van der Waals surface area contributed by atoms with Crippen molar-refractivity contribution in [3.8, 4) is 0 Å². The maximum absolute atomic E-state index is 10.7. The van der Waals surface area contributed by atoms with Crippen molar-refractivity contribution in [2.45, 2.75) is 146 Å². The van der Waals surface area contributed by atoms with Crippen molar-refractivity contribution in [1.82, 2.24) is 76.2 Å². The Morgan fingerprint density at radius 2 is 0.753 bits per heavy atom. The monoisotopic (exact) mass is 2310 g/mol. The molecule has 3 radical (unpaired) electrons. The van der Waals surface area contributed by atoms with Gasteiger partial charge in [-0.1, -0.05) is 175 Å². The number of aromatic carboxylic acids is 8. The Morgan fingerprint density at radius 1 is 0.373 bits per heavy atom. The third kappa shape index (κ3) is 80.3. The molecule has 0 amide bonds. The average Bonchev–Trinajstić information content (AvgIpc) is 1.51. The Bertz CT molecular complexity index is 4530. The highest BCUT2D eigenvalue weighted by Gasteiger charge is 2.23. The van der Waals surface area contributed by atoms with Crippen LogP contribution in [-0.4, -0.2) is 304 Å². The quantitative estimate of drug-likeness (QED) is 0.0400. The predicted molar refractivity (Wildman–Crippen MR) is 638 cm³/mol. The van der Waals surface area contributed by atoms with Gasteiger partial charge in [-0.2, -0.15) is 0 Å². The molecule has 0 atom stereocenters. The molecule has 0 bridgehead atoms. The summed E-state index contributed by atoms with van der Waals surface area (Å²) >= 11 is 3.26. The fourth-order valence-electron chi connectivity index (χ4n) is 9.39. The largest absolute Gasteiger partial charge is 0.478 e. The maximum atomic E-state index is 10.7. The zero-order valence-corrected chi connectivity index (χ0v) is 96.1. The van der Waals surface area contributed by atoms with Crippen molar-refractivity contribution in [2.75, 3.05) is 155 Å². The van der Waals surface area contributed by atoms with Gasteiger partial charge >= 0.3 is 54.8 Å². The first-order valence-electron chi connectivity index (χ1n) is 45.2. The Hall–Kier alpha value is -12.8. The van der Waals surface area contributed by atoms with Crippen LogP contribution in [-0.2, 0) is 0 Å². The number of anilines is 8. The van der Waals surface area contributed by atoms with Crippen molar-refractivity contribution < 1.29 is 84.2 Å². The van der Waals surface area contributed by atoms with Gasteiger partial charge in [0.05, 0.1) is 79.1 Å². The number of aliphatic imine (C=N–C) groups is 6. The molecule has 46 nitrogen and oxygen atoms in total. The number of nitrogen functional groups attached to an aromatic ring is 4. The zero-order chi connectivity index (χ0) is 107. The lowest BCUT2D eigenvalue weighted by Gasteiger charge is -2.18. The first kappa shape index (κ1) is 170. The second-order valence-electron chi connectivity index (χ2n) is 24.3. The van der Waals surface area contributed by atoms with Crippen molar-refractivity contribution in [3.05, 3.63) is 192 Å². The van der Waals surface area contributed by atoms with Crippen molar-refractivity contribution in [2.24, 2.45) is 30.0 Å². The Morgan fingerprint density at radius 3 is 1.09 bits per heavy atom. The number of amidine groups is 2. The van der Waals surface area contributed by atoms with E-state index in [-0.39, 0.29) is 172 Å². The number of carboxylic acid groups (broad SMARTS) is 8. The molecular formula is C92H158B2Cl8N29O17S2. The van der Waals surface area contributed by atoms with Crippen molar-refractivity contribution in [3.63, 3.8) is 0 Å². The van der Waals surface area contributed by atoms with Gasteiger partial charge in [-0.15, -0.1) is 99.3 Å². The van der Waals surface area contributed by atoms with E-state index in [0.717, 1.165) is 88.9 Å². The summed E-state index contributed by atoms with van der Waals surface area (Å²) in [6, 6.07) is 23.7. The van der Waals surface area contributed by atoms with E-state index in [0.29, 0.717) is 58.2 Å². The number of carbonyl (C=O) groups is 8. The summed E-state index contributed by atoms with van der Waals surface area (Å²) in [7, 11) is -0.395. The minimum atomic E-state index is -1.06. The van der Waals surface area contributed by atoms with Gasteiger partial charge in [-0.05, 0) is 124 Å². The Labute approximate surface area is 942 Å². The number of hydrogen-bond donors (Lipinski definition) is 22. The van der Waals surface area contributed by atoms with Gasteiger partial charge in [0.25, 0.3) is 0 Å². The number of aromatic nitrogens is 8. The number of guanidine groups is 4. The summed E-state index contributed by atoms with van der Waals surface area (Å²) in [4.78, 5) is 143. The van der Waals surface area contributed by atoms with Crippen LogP contribution in [0.25, 0.3) is 0 Å². The number of nitrogens with two attached hydrogens (primary N) is 4. The number of thioether (sulfide) groups is 2. The number of hydrogen-bond acceptors (Lipinski definition) is 40. The van der Waals surface area contributed by atoms with E-state index in [4.69, 9.17) is 63.8 Å². The average molecular weight is 2310 g/mol. The maximum Gasteiger partial charge on any atom is 0.411 e. The van der Waals surface area contributed by atoms with Crippen LogP contribution in [0, 0.1) is 0 Å². The highest BCUT2D eigenvalue weighted by atomic mass is 35.5. The Kier molecular flexibility index (Phi) is 125. The van der Waals surface area contributed by atoms with Gasteiger partial charge in [-0.25, -0.2) is 68.3 Å². The molecule has 0 aromatic carbocycles. The molecule has 14 rings (SSSR count). The summed E-state index contributed by atoms with van der Waals surface area (Å²) in [5, 5.41) is 107. The van der Waals surface area contributed by atoms with Gasteiger partial charge in [0, 0.05) is 102 Å². The molecule has 0 fully saturated rings. The van der Waals surface area contributed by atoms with Crippen LogP contribution in [0.2, 0.25) is 6.82 Å². The van der Waals surface area contributed by atoms with E-state index in [1.165, 1.54) is 136 Å². The number of carboxylic acids is 8. The molecule has 0 saturated carbocycles. The molecule has 0 unspecified atom stereocenters. The van der Waals surface area contributed by atoms with Crippen LogP contribution in [0.15, 0.2) is 177 Å². The molecule has 6 aliphatic heterocycles. The SMILES string of the molecule is C.CC.CC.CC.CC.CC.CC.CC.CC.CCN(CC)CC.CSC1=NCCN1.CSC1=NCCN1B(C)O.Cl.Cl.Cl.Cl.Cl.Cl.Cl.Cl.Nc1cc(C(=O)O)ccn1.Nc1cccc(C(=O)O)n1.Nc1ccnc(C(=O)O)c1.Nc1cncc(C(=O)O)c1.O=C(O)c1cc(NC2=NCCN2)ccn1.O=C(O)c1cccc(NC2=NCCN2)n1.O=C(O)c1ccnc(NC2=NCCN2)c1.O=C(O)c1cncc(NC2=NCCN2)c1.[B]. The van der Waals surface area contributed by atoms with Crippen LogP contribution in [0.3, 0.4) is 0 Å². The molecular weight excluding hydrogens is 2150 g/mol. The highest BCUT2D eigenvalue weighted by molar-refractivity contribution is 8.13. The van der Waals surface area contributed by atoms with Crippen LogP contribution in [0.4, 0.5) is 46.0 Å². The molecule has 6 aliphatic rings. The predicted octanol–water partition coefficient (Wildman–Crippen LogP) is 15.7. The lowest BCUT2D eigenvalue weighted by atomic mass is 9.86. The number of nitrogens with one attached hydrogen (secondary N) is 9. The normalized spacial score (nSPS) is 11.0. The van der Waals surface area contributed by atoms with Gasteiger partial charge in [0.15, 0.2) is 40.4 Å². The zero-order valence-electron chi connectivity index (χ0n) is 88.0. The van der Waals surface area contributed by atoms with Gasteiger partial charge < -0.3 is 126 Å². The third-order valence-corrected chi connectivity index (χ3v) is 16.7. The third-order valence-electron chi connectivity index (χ3n) is 15.3. The van der Waals surface area contributed by atoms with Crippen molar-refractivity contribution >= 4 is 266 Å². The first-order chi connectivity index (χ1) is 67.3. The van der Waals surface area contributed by atoms with E-state index in [9.17, 15) is 43.4 Å². The fourth-order valence-corrected chi connectivity index (χ4v) is 10.6. The van der Waals surface area contributed by atoms with Gasteiger partial charge in [-0.3, -0.25) is 39.9 Å². The van der Waals surface area contributed by atoms with E-state index in [1.54, 1.807) is 60.8 Å². The molecule has 0 saturated heterocycles. The van der Waals surface area contributed by atoms with Crippen LogP contribution < -0.4 is 70.8 Å². The first-order valence-corrected chi connectivity index (χ1v) is 47.7. The molecule has 26 N–H and O–H groups in total. The molecule has 8 aromatic heterocycles. The number of rotatable bonds is 16. The topological polar surface area (TPSA) is 715 Å². The lowest BCUT2D eigenvalue weighted by molar-refractivity contribution is 0.0680. The summed E-state index contributed by atoms with van der Waals surface area (Å²) in [6.07, 6.45) is 15.1. The van der Waals surface area contributed by atoms with E-state index < -0.39 is 54.8 Å². The highest BCUT2D eigenvalue weighted by Crippen LogP contribution is 2.15. The van der Waals surface area contributed by atoms with E-state index in [2.05, 4.69) is 143 Å². The second kappa shape index (κ2) is 110. The summed E-state index contributed by atoms with van der Waals surface area (Å²) in [5.41, 5.74) is 23.6. The fraction of sp³-hybridized carbons (Fsp3) is 0.413. The molecule has 150 heavy (non-hydrogen) atoms. The van der Waals surface area contributed by atoms with Gasteiger partial charge in [0.1, 0.15) is 39.8 Å². The molecule has 14 heterocycles. The minimum Gasteiger partial charge on any atom is -0.478 e. The minimum absolute atomic E-state index is 0. The Balaban J connectivity index is -0.000000101. The summed E-state index contributed by atoms with van der Waals surface area (Å²) < 4.78 is 0. The second-order valence-corrected chi connectivity index (χ2v) is 25.9. The number of pyridine rings is 8. The molecule has 8 aromatic rings. The van der Waals surface area contributed by atoms with E-state index >= 15 is 0 Å². The molecule has 847 valence electrons. The summed E-state index contributed by atoms with van der Waals surface area (Å²) in [5.74, 6) is -4.21. The van der Waals surface area contributed by atoms with Crippen LogP contribution >= 0.6 is 123 Å². The van der Waals surface area contributed by atoms with Gasteiger partial charge in [0.2, 0.25) is 0 Å². The number of nitrogens with zero attached hydrogens (tertiary/aromatic N) is 16. The molecule has 58 heteroatoms. The molecule has 0 spiro atoms. The van der Waals surface area contributed by atoms with E-state index in [1.807, 2.05) is 128 Å². The lowest BCUT2D eigenvalue weighted by Crippen LogP contribution is -2.38. The van der Waals surface area contributed by atoms with Crippen molar-refractivity contribution in [1.29, 1.82) is 0 Å². The smallest absolute Gasteiger partial charge is 0.411 e. The van der Waals surface area contributed by atoms with Crippen LogP contribution in [0.1, 0.15) is 222 Å². The summed E-state index contributed by atoms with van der Waals surface area (Å²) in [6.45, 7) is 53.6. The standard InChI is InChI=1S/4C9H10N4O2.4C6H6N2O2.C6H15N.C5H11BN2OS.C4H8N2S.8C2H6.CH4.B.8ClH/c14-8(15)6-3-7(5-10-4-6)13-9-11-1-2-12-9;14-8(15)7-5-6(1-2-10-7)13-9-11-3-4-12-9;14-8(15)6-1-2-10-7(5-6)13-9-11-3-4-12-9;14-8(15)6-2-1-3-7(12-6)13-9-10-4-5-11-9;7-5-1-4(6(9)10)2-8-3-5;7-4-1-2-8-5(3-4)6(9)10;7-5-3-4(6(9)10)1-2-8-5;7-5-3-1-2-4(8-5)6(9)10;1-4-7(5-2)6-3;1-6(9)8-4-3-7-5(8)10-2;1-7-4-5-2-3-6-4;8*1-2;;;;;;;;;;/h3-5H,1-2H2,(H,14,15)(H2,11,12,13);2*1-2,5H,3-4H2,(H,14,15)(H2,10,11,12,13);1-3H,4-5H2,(H,14,15)(H2,10,11,12,13);1-3H,7H2,(H,9,10);3*1-3H,(H2,7,8)(H,9,10);4-6H2,1-3H3;9H,3-4H2,1-2H3;2-3H2,1H3,(H,5,6);8*1-2H3;1H4;;8*1H.